The molecular weight excluding hydrogens is 234 g/mol. The number of rotatable bonds is 3. The molecule has 19 heavy (non-hydrogen) atoms. The van der Waals surface area contributed by atoms with E-state index in [4.69, 9.17) is 10.2 Å². The molecule has 2 nitrogen and oxygen atoms in total. The molecule has 0 amide bonds. The van der Waals surface area contributed by atoms with Crippen LogP contribution in [0.2, 0.25) is 0 Å². The highest BCUT2D eigenvalue weighted by molar-refractivity contribution is 5.11. The van der Waals surface area contributed by atoms with Crippen molar-refractivity contribution in [2.24, 2.45) is 23.5 Å². The summed E-state index contributed by atoms with van der Waals surface area (Å²) in [5.41, 5.74) is 6.47. The fourth-order valence-electron chi connectivity index (χ4n) is 4.23. The second-order valence-electron chi connectivity index (χ2n) is 6.56. The van der Waals surface area contributed by atoms with Crippen LogP contribution in [-0.2, 0) is 6.42 Å². The molecule has 2 aliphatic carbocycles. The van der Waals surface area contributed by atoms with Gasteiger partial charge in [0.1, 0.15) is 11.5 Å². The van der Waals surface area contributed by atoms with E-state index in [9.17, 15) is 0 Å². The van der Waals surface area contributed by atoms with Gasteiger partial charge in [0.25, 0.3) is 0 Å². The summed E-state index contributed by atoms with van der Waals surface area (Å²) >= 11 is 0. The summed E-state index contributed by atoms with van der Waals surface area (Å²) < 4.78 is 5.86. The molecule has 0 bridgehead atoms. The first-order valence-corrected chi connectivity index (χ1v) is 8.12. The maximum atomic E-state index is 6.47. The van der Waals surface area contributed by atoms with Crippen LogP contribution in [0.3, 0.4) is 0 Å². The molecular formula is C17H27NO. The van der Waals surface area contributed by atoms with Gasteiger partial charge in [-0.1, -0.05) is 32.6 Å². The van der Waals surface area contributed by atoms with Crippen LogP contribution in [-0.4, -0.2) is 0 Å². The van der Waals surface area contributed by atoms with Gasteiger partial charge in [0.2, 0.25) is 0 Å². The maximum absolute atomic E-state index is 6.47. The Bertz CT molecular complexity index is 411. The third-order valence-corrected chi connectivity index (χ3v) is 5.45. The number of hydrogen-bond donors (Lipinski definition) is 1. The molecule has 1 aromatic rings. The fraction of sp³-hybridized carbons (Fsp3) is 0.765. The normalized spacial score (nSPS) is 32.8. The Morgan fingerprint density at radius 2 is 1.95 bits per heavy atom. The van der Waals surface area contributed by atoms with Crippen molar-refractivity contribution in [2.45, 2.75) is 64.3 Å². The van der Waals surface area contributed by atoms with Crippen LogP contribution in [0.15, 0.2) is 16.5 Å². The second-order valence-corrected chi connectivity index (χ2v) is 6.56. The van der Waals surface area contributed by atoms with Gasteiger partial charge < -0.3 is 10.2 Å². The van der Waals surface area contributed by atoms with Crippen molar-refractivity contribution in [3.8, 4) is 0 Å². The van der Waals surface area contributed by atoms with E-state index in [0.29, 0.717) is 5.92 Å². The number of nitrogens with two attached hydrogens (primary N) is 1. The van der Waals surface area contributed by atoms with Crippen LogP contribution >= 0.6 is 0 Å². The Balaban J connectivity index is 1.65. The zero-order valence-electron chi connectivity index (χ0n) is 12.1. The predicted molar refractivity (Wildman–Crippen MR) is 77.8 cm³/mol. The maximum Gasteiger partial charge on any atom is 0.121 e. The predicted octanol–water partition coefficient (Wildman–Crippen LogP) is 4.45. The summed E-state index contributed by atoms with van der Waals surface area (Å²) in [7, 11) is 0. The van der Waals surface area contributed by atoms with Crippen molar-refractivity contribution in [3.63, 3.8) is 0 Å². The van der Waals surface area contributed by atoms with Crippen molar-refractivity contribution in [1.82, 2.24) is 0 Å². The van der Waals surface area contributed by atoms with Crippen LogP contribution in [0, 0.1) is 17.8 Å². The lowest BCUT2D eigenvalue weighted by Crippen LogP contribution is -2.32. The van der Waals surface area contributed by atoms with Gasteiger partial charge in [0.15, 0.2) is 0 Å². The molecule has 2 saturated carbocycles. The molecule has 0 saturated heterocycles. The highest BCUT2D eigenvalue weighted by Gasteiger charge is 2.35. The fourth-order valence-corrected chi connectivity index (χ4v) is 4.23. The lowest BCUT2D eigenvalue weighted by molar-refractivity contribution is 0.113. The molecule has 3 rings (SSSR count). The van der Waals surface area contributed by atoms with Gasteiger partial charge in [-0.3, -0.25) is 0 Å². The molecule has 106 valence electrons. The third-order valence-electron chi connectivity index (χ3n) is 5.45. The number of hydrogen-bond acceptors (Lipinski definition) is 2. The van der Waals surface area contributed by atoms with Crippen molar-refractivity contribution in [2.75, 3.05) is 0 Å². The largest absolute Gasteiger partial charge is 0.464 e. The van der Waals surface area contributed by atoms with Crippen molar-refractivity contribution >= 4 is 0 Å². The smallest absolute Gasteiger partial charge is 0.121 e. The van der Waals surface area contributed by atoms with Crippen LogP contribution < -0.4 is 5.73 Å². The minimum atomic E-state index is 0.114. The van der Waals surface area contributed by atoms with E-state index in [1.807, 2.05) is 0 Å². The van der Waals surface area contributed by atoms with Crippen LogP contribution in [0.1, 0.15) is 69.4 Å². The van der Waals surface area contributed by atoms with Crippen LogP contribution in [0.4, 0.5) is 0 Å². The SMILES string of the molecule is CCc1ccc(C(N)C2CCC3CCCCC3C2)o1. The third kappa shape index (κ3) is 2.74. The average Bonchev–Trinajstić information content (AvgIpc) is 2.95. The first-order valence-electron chi connectivity index (χ1n) is 8.12. The topological polar surface area (TPSA) is 39.2 Å². The minimum Gasteiger partial charge on any atom is -0.464 e. The molecule has 0 aromatic carbocycles. The Kier molecular flexibility index (Phi) is 3.97. The van der Waals surface area contributed by atoms with Gasteiger partial charge >= 0.3 is 0 Å². The second kappa shape index (κ2) is 5.70. The molecule has 1 heterocycles. The van der Waals surface area contributed by atoms with Gasteiger partial charge in [0, 0.05) is 6.42 Å². The molecule has 2 fully saturated rings. The van der Waals surface area contributed by atoms with E-state index in [2.05, 4.69) is 19.1 Å². The number of fused-ring (bicyclic) bond motifs is 1. The first-order chi connectivity index (χ1) is 9.28. The molecule has 0 radical (unpaired) electrons. The average molecular weight is 261 g/mol. The van der Waals surface area contributed by atoms with Crippen molar-refractivity contribution in [3.05, 3.63) is 23.7 Å². The standard InChI is InChI=1S/C17H27NO/c1-2-15-9-10-16(19-15)17(18)14-8-7-12-5-3-4-6-13(12)11-14/h9-10,12-14,17H,2-8,11,18H2,1H3. The Morgan fingerprint density at radius 3 is 2.68 bits per heavy atom. The highest BCUT2D eigenvalue weighted by Crippen LogP contribution is 2.45. The van der Waals surface area contributed by atoms with Gasteiger partial charge in [0.05, 0.1) is 6.04 Å². The van der Waals surface area contributed by atoms with Crippen molar-refractivity contribution in [1.29, 1.82) is 0 Å². The quantitative estimate of drug-likeness (QED) is 0.873. The Hall–Kier alpha value is -0.760. The molecule has 2 N–H and O–H groups in total. The summed E-state index contributed by atoms with van der Waals surface area (Å²) in [4.78, 5) is 0. The van der Waals surface area contributed by atoms with E-state index < -0.39 is 0 Å². The van der Waals surface area contributed by atoms with E-state index in [-0.39, 0.29) is 6.04 Å². The van der Waals surface area contributed by atoms with Gasteiger partial charge in [-0.2, -0.15) is 0 Å². The molecule has 2 aliphatic rings. The zero-order chi connectivity index (χ0) is 13.2. The lowest BCUT2D eigenvalue weighted by atomic mass is 9.66. The first kappa shape index (κ1) is 13.2. The molecule has 2 heteroatoms. The molecule has 0 spiro atoms. The summed E-state index contributed by atoms with van der Waals surface area (Å²) in [5, 5.41) is 0. The van der Waals surface area contributed by atoms with E-state index >= 15 is 0 Å². The van der Waals surface area contributed by atoms with E-state index in [1.54, 1.807) is 0 Å². The van der Waals surface area contributed by atoms with Gasteiger partial charge in [-0.25, -0.2) is 0 Å². The van der Waals surface area contributed by atoms with Crippen LogP contribution in [0.5, 0.6) is 0 Å². The summed E-state index contributed by atoms with van der Waals surface area (Å²) in [6, 6.07) is 4.29. The lowest BCUT2D eigenvalue weighted by Gasteiger charge is -2.40. The minimum absolute atomic E-state index is 0.114. The molecule has 1 aromatic heterocycles. The zero-order valence-corrected chi connectivity index (χ0v) is 12.1. The number of aryl methyl sites for hydroxylation is 1. The molecule has 4 atom stereocenters. The van der Waals surface area contributed by atoms with E-state index in [0.717, 1.165) is 29.8 Å². The Labute approximate surface area is 116 Å². The van der Waals surface area contributed by atoms with E-state index in [1.165, 1.54) is 44.9 Å². The van der Waals surface area contributed by atoms with Crippen molar-refractivity contribution < 1.29 is 4.42 Å². The molecule has 0 aliphatic heterocycles. The van der Waals surface area contributed by atoms with Gasteiger partial charge in [-0.05, 0) is 49.1 Å². The summed E-state index contributed by atoms with van der Waals surface area (Å²) in [6.07, 6.45) is 10.8. The Morgan fingerprint density at radius 1 is 1.16 bits per heavy atom. The summed E-state index contributed by atoms with van der Waals surface area (Å²) in [6.45, 7) is 2.13. The monoisotopic (exact) mass is 261 g/mol. The van der Waals surface area contributed by atoms with Crippen LogP contribution in [0.25, 0.3) is 0 Å². The highest BCUT2D eigenvalue weighted by atomic mass is 16.3. The van der Waals surface area contributed by atoms with Gasteiger partial charge in [-0.15, -0.1) is 0 Å². The molecule has 4 unspecified atom stereocenters. The number of furan rings is 1. The summed E-state index contributed by atoms with van der Waals surface area (Å²) in [5.74, 6) is 4.65.